The van der Waals surface area contributed by atoms with E-state index in [9.17, 15) is 4.79 Å². The van der Waals surface area contributed by atoms with Crippen molar-refractivity contribution in [2.75, 3.05) is 26.7 Å². The van der Waals surface area contributed by atoms with Crippen molar-refractivity contribution >= 4 is 18.3 Å². The van der Waals surface area contributed by atoms with Gasteiger partial charge in [0.05, 0.1) is 0 Å². The first-order valence-corrected chi connectivity index (χ1v) is 7.58. The second-order valence-electron chi connectivity index (χ2n) is 5.65. The van der Waals surface area contributed by atoms with Gasteiger partial charge >= 0.3 is 0 Å². The maximum absolute atomic E-state index is 12.6. The second kappa shape index (κ2) is 8.08. The highest BCUT2D eigenvalue weighted by atomic mass is 35.5. The van der Waals surface area contributed by atoms with Crippen LogP contribution in [0.5, 0.6) is 0 Å². The summed E-state index contributed by atoms with van der Waals surface area (Å²) in [4.78, 5) is 18.6. The number of likely N-dealkylation sites (tertiary alicyclic amines) is 1. The van der Waals surface area contributed by atoms with Crippen LogP contribution in [0.4, 0.5) is 0 Å². The van der Waals surface area contributed by atoms with Gasteiger partial charge in [-0.25, -0.2) is 0 Å². The number of nitrogens with zero attached hydrogens (tertiary/aromatic N) is 3. The monoisotopic (exact) mass is 336 g/mol. The Hall–Kier alpha value is -1.92. The van der Waals surface area contributed by atoms with E-state index in [0.717, 1.165) is 31.6 Å². The van der Waals surface area contributed by atoms with Crippen molar-refractivity contribution in [2.45, 2.75) is 12.8 Å². The Kier molecular flexibility index (Phi) is 6.12. The predicted molar refractivity (Wildman–Crippen MR) is 89.5 cm³/mol. The Morgan fingerprint density at radius 1 is 1.39 bits per heavy atom. The summed E-state index contributed by atoms with van der Waals surface area (Å²) >= 11 is 0. The lowest BCUT2D eigenvalue weighted by molar-refractivity contribution is 0.0674. The van der Waals surface area contributed by atoms with Crippen molar-refractivity contribution in [2.24, 2.45) is 5.92 Å². The number of piperidine rings is 1. The minimum absolute atomic E-state index is 0. The molecule has 1 fully saturated rings. The van der Waals surface area contributed by atoms with Gasteiger partial charge in [0.15, 0.2) is 0 Å². The third kappa shape index (κ3) is 4.09. The Balaban J connectivity index is 0.00000192. The SMILES string of the molecule is CNCC1CCCN(C(=O)c2ccc(-c3ncon3)cc2)C1.Cl. The van der Waals surface area contributed by atoms with E-state index in [4.69, 9.17) is 4.52 Å². The number of aromatic nitrogens is 2. The Bertz CT molecular complexity index is 614. The zero-order chi connectivity index (χ0) is 15.4. The van der Waals surface area contributed by atoms with Crippen LogP contribution in [0.15, 0.2) is 35.2 Å². The van der Waals surface area contributed by atoms with Crippen LogP contribution in [0.25, 0.3) is 11.4 Å². The minimum Gasteiger partial charge on any atom is -0.342 e. The summed E-state index contributed by atoms with van der Waals surface area (Å²) in [7, 11) is 1.96. The van der Waals surface area contributed by atoms with Crippen LogP contribution >= 0.6 is 12.4 Å². The topological polar surface area (TPSA) is 71.3 Å². The summed E-state index contributed by atoms with van der Waals surface area (Å²) < 4.78 is 4.73. The summed E-state index contributed by atoms with van der Waals surface area (Å²) in [5, 5.41) is 6.99. The lowest BCUT2D eigenvalue weighted by Gasteiger charge is -2.32. The Morgan fingerprint density at radius 3 is 2.83 bits per heavy atom. The van der Waals surface area contributed by atoms with Gasteiger partial charge in [-0.2, -0.15) is 4.98 Å². The molecule has 23 heavy (non-hydrogen) atoms. The highest BCUT2D eigenvalue weighted by Gasteiger charge is 2.24. The summed E-state index contributed by atoms with van der Waals surface area (Å²) in [6.07, 6.45) is 3.55. The average Bonchev–Trinajstić information content (AvgIpc) is 3.09. The Morgan fingerprint density at radius 2 is 2.17 bits per heavy atom. The van der Waals surface area contributed by atoms with Crippen LogP contribution < -0.4 is 5.32 Å². The summed E-state index contributed by atoms with van der Waals surface area (Å²) in [6.45, 7) is 2.62. The van der Waals surface area contributed by atoms with E-state index < -0.39 is 0 Å². The molecule has 1 unspecified atom stereocenters. The fraction of sp³-hybridized carbons (Fsp3) is 0.438. The molecular formula is C16H21ClN4O2. The molecular weight excluding hydrogens is 316 g/mol. The van der Waals surface area contributed by atoms with Gasteiger partial charge in [-0.1, -0.05) is 17.3 Å². The number of amides is 1. The maximum Gasteiger partial charge on any atom is 0.253 e. The van der Waals surface area contributed by atoms with Crippen molar-refractivity contribution in [3.8, 4) is 11.4 Å². The lowest BCUT2D eigenvalue weighted by Crippen LogP contribution is -2.42. The molecule has 1 aromatic carbocycles. The average molecular weight is 337 g/mol. The van der Waals surface area contributed by atoms with Crippen molar-refractivity contribution in [3.05, 3.63) is 36.2 Å². The van der Waals surface area contributed by atoms with Gasteiger partial charge in [-0.05, 0) is 44.5 Å². The number of benzene rings is 1. The van der Waals surface area contributed by atoms with Crippen LogP contribution in [-0.4, -0.2) is 47.6 Å². The Labute approximate surface area is 141 Å². The molecule has 0 saturated carbocycles. The van der Waals surface area contributed by atoms with Gasteiger partial charge in [0.1, 0.15) is 0 Å². The van der Waals surface area contributed by atoms with Gasteiger partial charge in [0, 0.05) is 24.2 Å². The largest absolute Gasteiger partial charge is 0.342 e. The third-order valence-electron chi connectivity index (χ3n) is 4.05. The molecule has 0 radical (unpaired) electrons. The van der Waals surface area contributed by atoms with E-state index in [1.165, 1.54) is 12.8 Å². The van der Waals surface area contributed by atoms with Crippen molar-refractivity contribution in [1.29, 1.82) is 0 Å². The van der Waals surface area contributed by atoms with Gasteiger partial charge in [-0.3, -0.25) is 4.79 Å². The number of hydrogen-bond acceptors (Lipinski definition) is 5. The number of nitrogens with one attached hydrogen (secondary N) is 1. The minimum atomic E-state index is 0. The van der Waals surface area contributed by atoms with Crippen molar-refractivity contribution in [3.63, 3.8) is 0 Å². The molecule has 0 spiro atoms. The van der Waals surface area contributed by atoms with Crippen molar-refractivity contribution < 1.29 is 9.32 Å². The molecule has 1 aliphatic rings. The molecule has 6 nitrogen and oxygen atoms in total. The normalized spacial score (nSPS) is 17.6. The van der Waals surface area contributed by atoms with Gasteiger partial charge in [0.2, 0.25) is 12.2 Å². The number of rotatable bonds is 4. The molecule has 124 valence electrons. The fourth-order valence-electron chi connectivity index (χ4n) is 2.95. The zero-order valence-electron chi connectivity index (χ0n) is 13.1. The molecule has 1 aromatic heterocycles. The number of halogens is 1. The smallest absolute Gasteiger partial charge is 0.253 e. The van der Waals surface area contributed by atoms with E-state index >= 15 is 0 Å². The maximum atomic E-state index is 12.6. The molecule has 0 aliphatic carbocycles. The molecule has 1 atom stereocenters. The molecule has 1 aliphatic heterocycles. The van der Waals surface area contributed by atoms with E-state index in [0.29, 0.717) is 17.3 Å². The summed E-state index contributed by atoms with van der Waals surface area (Å²) in [5.74, 6) is 1.17. The molecule has 1 N–H and O–H groups in total. The van der Waals surface area contributed by atoms with Crippen LogP contribution in [0, 0.1) is 5.92 Å². The van der Waals surface area contributed by atoms with E-state index in [1.54, 1.807) is 0 Å². The van der Waals surface area contributed by atoms with Gasteiger partial charge < -0.3 is 14.7 Å². The zero-order valence-corrected chi connectivity index (χ0v) is 13.9. The van der Waals surface area contributed by atoms with Crippen LogP contribution in [0.1, 0.15) is 23.2 Å². The molecule has 1 amide bonds. The first kappa shape index (κ1) is 17.4. The van der Waals surface area contributed by atoms with E-state index in [1.807, 2.05) is 36.2 Å². The highest BCUT2D eigenvalue weighted by Crippen LogP contribution is 2.20. The standard InChI is InChI=1S/C16H20N4O2.ClH/c1-17-9-12-3-2-8-20(10-12)16(21)14-6-4-13(5-7-14)15-18-11-22-19-15;/h4-7,11-12,17H,2-3,8-10H2,1H3;1H. The molecule has 1 saturated heterocycles. The predicted octanol–water partition coefficient (Wildman–Crippen LogP) is 2.23. The van der Waals surface area contributed by atoms with Crippen LogP contribution in [0.3, 0.4) is 0 Å². The molecule has 3 rings (SSSR count). The molecule has 0 bridgehead atoms. The number of hydrogen-bond donors (Lipinski definition) is 1. The summed E-state index contributed by atoms with van der Waals surface area (Å²) in [5.41, 5.74) is 1.55. The lowest BCUT2D eigenvalue weighted by atomic mass is 9.97. The van der Waals surface area contributed by atoms with Gasteiger partial charge in [0.25, 0.3) is 5.91 Å². The van der Waals surface area contributed by atoms with E-state index in [-0.39, 0.29) is 18.3 Å². The molecule has 2 aromatic rings. The van der Waals surface area contributed by atoms with E-state index in [2.05, 4.69) is 15.5 Å². The van der Waals surface area contributed by atoms with Crippen LogP contribution in [-0.2, 0) is 0 Å². The summed E-state index contributed by atoms with van der Waals surface area (Å²) in [6, 6.07) is 7.37. The molecule has 2 heterocycles. The number of carbonyl (C=O) groups excluding carboxylic acids is 1. The fourth-order valence-corrected chi connectivity index (χ4v) is 2.95. The van der Waals surface area contributed by atoms with Crippen LogP contribution in [0.2, 0.25) is 0 Å². The first-order valence-electron chi connectivity index (χ1n) is 7.58. The van der Waals surface area contributed by atoms with Crippen molar-refractivity contribution in [1.82, 2.24) is 20.4 Å². The molecule has 7 heteroatoms. The highest BCUT2D eigenvalue weighted by molar-refractivity contribution is 5.94. The second-order valence-corrected chi connectivity index (χ2v) is 5.65. The number of carbonyl (C=O) groups is 1. The quantitative estimate of drug-likeness (QED) is 0.927. The third-order valence-corrected chi connectivity index (χ3v) is 4.05. The first-order chi connectivity index (χ1) is 10.8. The van der Waals surface area contributed by atoms with Gasteiger partial charge in [-0.15, -0.1) is 12.4 Å².